The first-order valence-electron chi connectivity index (χ1n) is 6.85. The first kappa shape index (κ1) is 19.7. The molecule has 0 bridgehead atoms. The van der Waals surface area contributed by atoms with Crippen LogP contribution in [0.15, 0.2) is 24.3 Å². The average Bonchev–Trinajstić information content (AvgIpc) is 2.34. The molecule has 1 rings (SSSR count). The number of phosphoric ester groups is 1. The molecule has 0 aliphatic heterocycles. The van der Waals surface area contributed by atoms with E-state index in [-0.39, 0.29) is 22.2 Å². The van der Waals surface area contributed by atoms with Crippen LogP contribution in [0.1, 0.15) is 51.0 Å². The fourth-order valence-electron chi connectivity index (χ4n) is 1.96. The Labute approximate surface area is 131 Å². The van der Waals surface area contributed by atoms with Crippen LogP contribution in [-0.2, 0) is 27.5 Å². The van der Waals surface area contributed by atoms with Crippen molar-refractivity contribution in [2.45, 2.75) is 51.9 Å². The van der Waals surface area contributed by atoms with E-state index >= 15 is 0 Å². The molecule has 20 heavy (non-hydrogen) atoms. The molecule has 0 amide bonds. The summed E-state index contributed by atoms with van der Waals surface area (Å²) in [5.41, 5.74) is 1.17. The maximum absolute atomic E-state index is 10.7. The standard InChI is InChI=1S/C14H23O4P.Ni/c1-2-3-4-5-6-7-8-13-9-11-14(12-10-13)18-19(15,16)17;/h9-12H,2-8H2,1H3,(H2,15,16,17);. The van der Waals surface area contributed by atoms with E-state index in [1.54, 1.807) is 12.1 Å². The van der Waals surface area contributed by atoms with Gasteiger partial charge in [-0.25, -0.2) is 4.57 Å². The second-order valence-electron chi connectivity index (χ2n) is 4.74. The van der Waals surface area contributed by atoms with Gasteiger partial charge in [0.25, 0.3) is 0 Å². The summed E-state index contributed by atoms with van der Waals surface area (Å²) in [6, 6.07) is 6.92. The van der Waals surface area contributed by atoms with Gasteiger partial charge in [0.05, 0.1) is 0 Å². The maximum atomic E-state index is 10.7. The summed E-state index contributed by atoms with van der Waals surface area (Å²) in [5, 5.41) is 0. The van der Waals surface area contributed by atoms with Crippen molar-refractivity contribution in [3.63, 3.8) is 0 Å². The molecule has 0 saturated heterocycles. The van der Waals surface area contributed by atoms with Gasteiger partial charge in [0.1, 0.15) is 5.75 Å². The van der Waals surface area contributed by atoms with Crippen molar-refractivity contribution in [2.24, 2.45) is 0 Å². The van der Waals surface area contributed by atoms with Gasteiger partial charge in [0.15, 0.2) is 0 Å². The molecule has 4 nitrogen and oxygen atoms in total. The average molecular weight is 345 g/mol. The van der Waals surface area contributed by atoms with E-state index < -0.39 is 7.82 Å². The molecule has 0 atom stereocenters. The molecule has 118 valence electrons. The van der Waals surface area contributed by atoms with Crippen LogP contribution < -0.4 is 4.52 Å². The summed E-state index contributed by atoms with van der Waals surface area (Å²) >= 11 is 0. The SMILES string of the molecule is CCCCCCCCc1ccc(OP(=O)(O)O)cc1.[Ni]. The zero-order valence-corrected chi connectivity index (χ0v) is 13.6. The first-order chi connectivity index (χ1) is 9.01. The third-order valence-corrected chi connectivity index (χ3v) is 3.42. The molecule has 1 aromatic carbocycles. The van der Waals surface area contributed by atoms with Gasteiger partial charge in [-0.1, -0.05) is 51.2 Å². The molecule has 0 aromatic heterocycles. The second-order valence-corrected chi connectivity index (χ2v) is 5.91. The quantitative estimate of drug-likeness (QED) is 0.402. The minimum atomic E-state index is -4.44. The molecular formula is C14H23NiO4P. The van der Waals surface area contributed by atoms with Crippen LogP contribution in [0.4, 0.5) is 0 Å². The topological polar surface area (TPSA) is 66.8 Å². The number of unbranched alkanes of at least 4 members (excludes halogenated alkanes) is 5. The largest absolute Gasteiger partial charge is 0.524 e. The normalized spacial score (nSPS) is 10.9. The van der Waals surface area contributed by atoms with Gasteiger partial charge in [-0.2, -0.15) is 0 Å². The second kappa shape index (κ2) is 10.4. The molecule has 0 heterocycles. The van der Waals surface area contributed by atoms with Crippen LogP contribution in [0.2, 0.25) is 0 Å². The van der Waals surface area contributed by atoms with Crippen molar-refractivity contribution >= 4 is 7.82 Å². The summed E-state index contributed by atoms with van der Waals surface area (Å²) in [6.07, 6.45) is 8.57. The summed E-state index contributed by atoms with van der Waals surface area (Å²) < 4.78 is 15.1. The van der Waals surface area contributed by atoms with Gasteiger partial charge >= 0.3 is 7.82 Å². The monoisotopic (exact) mass is 344 g/mol. The Bertz CT molecular complexity index is 402. The third-order valence-electron chi connectivity index (χ3n) is 2.97. The summed E-state index contributed by atoms with van der Waals surface area (Å²) in [6.45, 7) is 2.21. The van der Waals surface area contributed by atoms with Crippen LogP contribution in [0, 0.1) is 0 Å². The summed E-state index contributed by atoms with van der Waals surface area (Å²) in [4.78, 5) is 17.3. The molecule has 0 aliphatic rings. The Morgan fingerprint density at radius 3 is 2.10 bits per heavy atom. The molecule has 0 unspecified atom stereocenters. The van der Waals surface area contributed by atoms with E-state index in [0.717, 1.165) is 12.8 Å². The summed E-state index contributed by atoms with van der Waals surface area (Å²) in [5.74, 6) is 0.208. The molecule has 2 N–H and O–H groups in total. The van der Waals surface area contributed by atoms with Crippen molar-refractivity contribution in [3.8, 4) is 5.75 Å². The molecule has 0 spiro atoms. The molecule has 0 fully saturated rings. The van der Waals surface area contributed by atoms with Crippen LogP contribution in [0.3, 0.4) is 0 Å². The molecule has 1 aromatic rings. The molecule has 0 saturated carbocycles. The van der Waals surface area contributed by atoms with E-state index in [9.17, 15) is 4.57 Å². The minimum Gasteiger partial charge on any atom is -0.404 e. The third kappa shape index (κ3) is 9.55. The van der Waals surface area contributed by atoms with Gasteiger partial charge in [0.2, 0.25) is 0 Å². The van der Waals surface area contributed by atoms with E-state index in [1.807, 2.05) is 12.1 Å². The van der Waals surface area contributed by atoms with E-state index in [1.165, 1.54) is 37.7 Å². The van der Waals surface area contributed by atoms with Gasteiger partial charge in [0, 0.05) is 16.5 Å². The summed E-state index contributed by atoms with van der Waals surface area (Å²) in [7, 11) is -4.44. The predicted octanol–water partition coefficient (Wildman–Crippen LogP) is 4.06. The number of aryl methyl sites for hydroxylation is 1. The van der Waals surface area contributed by atoms with Crippen LogP contribution >= 0.6 is 7.82 Å². The van der Waals surface area contributed by atoms with Gasteiger partial charge in [-0.3, -0.25) is 9.79 Å². The van der Waals surface area contributed by atoms with Crippen molar-refractivity contribution < 1.29 is 35.4 Å². The fraction of sp³-hybridized carbons (Fsp3) is 0.571. The number of rotatable bonds is 9. The maximum Gasteiger partial charge on any atom is 0.524 e. The Kier molecular flexibility index (Phi) is 10.2. The van der Waals surface area contributed by atoms with Gasteiger partial charge in [-0.15, -0.1) is 0 Å². The molecule has 6 heteroatoms. The number of benzene rings is 1. The predicted molar refractivity (Wildman–Crippen MR) is 76.2 cm³/mol. The van der Waals surface area contributed by atoms with Crippen molar-refractivity contribution in [1.82, 2.24) is 0 Å². The fourth-order valence-corrected chi connectivity index (χ4v) is 2.36. The van der Waals surface area contributed by atoms with Crippen LogP contribution in [0.5, 0.6) is 5.75 Å². The minimum absolute atomic E-state index is 0. The Morgan fingerprint density at radius 2 is 1.55 bits per heavy atom. The Hall–Kier alpha value is -0.336. The van der Waals surface area contributed by atoms with Gasteiger partial charge < -0.3 is 4.52 Å². The molecule has 0 radical (unpaired) electrons. The van der Waals surface area contributed by atoms with Gasteiger partial charge in [-0.05, 0) is 30.5 Å². The van der Waals surface area contributed by atoms with Crippen molar-refractivity contribution in [1.29, 1.82) is 0 Å². The van der Waals surface area contributed by atoms with Crippen molar-refractivity contribution in [2.75, 3.05) is 0 Å². The van der Waals surface area contributed by atoms with E-state index in [4.69, 9.17) is 9.79 Å². The number of hydrogen-bond acceptors (Lipinski definition) is 2. The zero-order chi connectivity index (χ0) is 14.1. The number of hydrogen-bond donors (Lipinski definition) is 2. The van der Waals surface area contributed by atoms with E-state index in [0.29, 0.717) is 0 Å². The zero-order valence-electron chi connectivity index (χ0n) is 11.7. The van der Waals surface area contributed by atoms with Crippen LogP contribution in [0.25, 0.3) is 0 Å². The molecular weight excluding hydrogens is 322 g/mol. The van der Waals surface area contributed by atoms with Crippen molar-refractivity contribution in [3.05, 3.63) is 29.8 Å². The Morgan fingerprint density at radius 1 is 1.00 bits per heavy atom. The Balaban J connectivity index is 0.00000361. The molecule has 0 aliphatic carbocycles. The smallest absolute Gasteiger partial charge is 0.404 e. The van der Waals surface area contributed by atoms with E-state index in [2.05, 4.69) is 11.4 Å². The first-order valence-corrected chi connectivity index (χ1v) is 8.38. The number of phosphoric acid groups is 1. The van der Waals surface area contributed by atoms with Crippen LogP contribution in [-0.4, -0.2) is 9.79 Å².